The van der Waals surface area contributed by atoms with Gasteiger partial charge < -0.3 is 10.6 Å². The second-order valence-electron chi connectivity index (χ2n) is 4.63. The number of hydrogen-bond donors (Lipinski definition) is 2. The predicted molar refractivity (Wildman–Crippen MR) is 66.0 cm³/mol. The summed E-state index contributed by atoms with van der Waals surface area (Å²) >= 11 is 1.46. The maximum Gasteiger partial charge on any atom is 0.325 e. The topological polar surface area (TPSA) is 74.3 Å². The van der Waals surface area contributed by atoms with E-state index >= 15 is 0 Å². The molecule has 1 aromatic heterocycles. The molecule has 2 fully saturated rings. The summed E-state index contributed by atoms with van der Waals surface area (Å²) in [5, 5.41) is 7.91. The number of piperidine rings is 1. The number of nitrogens with zero attached hydrogens (tertiary/aromatic N) is 2. The summed E-state index contributed by atoms with van der Waals surface area (Å²) in [5.41, 5.74) is 1.78. The Balaban J connectivity index is 1.80. The van der Waals surface area contributed by atoms with Crippen molar-refractivity contribution in [3.05, 3.63) is 16.6 Å². The summed E-state index contributed by atoms with van der Waals surface area (Å²) in [5.74, 6) is -0.109. The molecular weight excluding hydrogens is 252 g/mol. The van der Waals surface area contributed by atoms with E-state index in [1.54, 1.807) is 5.51 Å². The average Bonchev–Trinajstić information content (AvgIpc) is 2.95. The van der Waals surface area contributed by atoms with Crippen molar-refractivity contribution >= 4 is 23.3 Å². The molecule has 1 aromatic rings. The molecular formula is C11H14N4O2S. The fourth-order valence-corrected chi connectivity index (χ4v) is 3.04. The Morgan fingerprint density at radius 1 is 1.39 bits per heavy atom. The van der Waals surface area contributed by atoms with Crippen LogP contribution in [0.2, 0.25) is 0 Å². The zero-order valence-corrected chi connectivity index (χ0v) is 10.6. The molecule has 3 amide bonds. The summed E-state index contributed by atoms with van der Waals surface area (Å²) < 4.78 is 0. The number of rotatable bonds is 2. The first-order chi connectivity index (χ1) is 8.71. The number of thiazole rings is 1. The van der Waals surface area contributed by atoms with Gasteiger partial charge in [-0.3, -0.25) is 9.69 Å². The zero-order valence-electron chi connectivity index (χ0n) is 9.81. The molecule has 0 bridgehead atoms. The first kappa shape index (κ1) is 11.6. The van der Waals surface area contributed by atoms with Crippen molar-refractivity contribution in [2.24, 2.45) is 0 Å². The van der Waals surface area contributed by atoms with Crippen molar-refractivity contribution in [2.75, 3.05) is 13.1 Å². The van der Waals surface area contributed by atoms with E-state index in [1.165, 1.54) is 16.2 Å². The molecule has 0 saturated carbocycles. The maximum absolute atomic E-state index is 12.4. The minimum absolute atomic E-state index is 0.109. The molecule has 2 aliphatic heterocycles. The van der Waals surface area contributed by atoms with Crippen LogP contribution in [0.1, 0.15) is 18.5 Å². The summed E-state index contributed by atoms with van der Waals surface area (Å²) in [7, 11) is 0. The van der Waals surface area contributed by atoms with E-state index in [1.807, 2.05) is 5.38 Å². The van der Waals surface area contributed by atoms with Gasteiger partial charge in [-0.05, 0) is 25.9 Å². The van der Waals surface area contributed by atoms with Crippen molar-refractivity contribution in [1.29, 1.82) is 0 Å². The number of amides is 3. The van der Waals surface area contributed by atoms with Crippen LogP contribution in [-0.4, -0.2) is 40.5 Å². The normalized spacial score (nSPS) is 22.6. The minimum Gasteiger partial charge on any atom is -0.323 e. The molecule has 96 valence electrons. The van der Waals surface area contributed by atoms with Gasteiger partial charge in [0.15, 0.2) is 0 Å². The van der Waals surface area contributed by atoms with Crippen LogP contribution in [0.25, 0.3) is 0 Å². The third-order valence-electron chi connectivity index (χ3n) is 3.51. The number of carbonyl (C=O) groups is 2. The van der Waals surface area contributed by atoms with Gasteiger partial charge in [-0.15, -0.1) is 11.3 Å². The van der Waals surface area contributed by atoms with E-state index in [0.29, 0.717) is 12.8 Å². The van der Waals surface area contributed by atoms with Crippen molar-refractivity contribution in [1.82, 2.24) is 20.5 Å². The number of urea groups is 1. The minimum atomic E-state index is -0.682. The summed E-state index contributed by atoms with van der Waals surface area (Å²) in [4.78, 5) is 29.7. The lowest BCUT2D eigenvalue weighted by atomic mass is 9.88. The highest BCUT2D eigenvalue weighted by atomic mass is 32.1. The molecule has 1 spiro atoms. The standard InChI is InChI=1S/C11H14N4O2S/c16-9-11(1-3-12-4-2-11)14-10(17)15(9)5-8-6-18-7-13-8/h6-7,12H,1-5H2,(H,14,17). The molecule has 6 nitrogen and oxygen atoms in total. The van der Waals surface area contributed by atoms with Gasteiger partial charge in [0.1, 0.15) is 5.54 Å². The lowest BCUT2D eigenvalue weighted by Gasteiger charge is -2.30. The van der Waals surface area contributed by atoms with Gasteiger partial charge in [-0.2, -0.15) is 0 Å². The quantitative estimate of drug-likeness (QED) is 0.756. The maximum atomic E-state index is 12.4. The highest BCUT2D eigenvalue weighted by Crippen LogP contribution is 2.27. The summed E-state index contributed by atoms with van der Waals surface area (Å²) in [6.07, 6.45) is 1.32. The van der Waals surface area contributed by atoms with Crippen LogP contribution < -0.4 is 10.6 Å². The van der Waals surface area contributed by atoms with Crippen LogP contribution in [0.3, 0.4) is 0 Å². The Morgan fingerprint density at radius 3 is 2.83 bits per heavy atom. The van der Waals surface area contributed by atoms with Crippen LogP contribution >= 0.6 is 11.3 Å². The Morgan fingerprint density at radius 2 is 2.17 bits per heavy atom. The Bertz CT molecular complexity index is 467. The number of imide groups is 1. The van der Waals surface area contributed by atoms with Gasteiger partial charge in [-0.25, -0.2) is 9.78 Å². The van der Waals surface area contributed by atoms with Crippen molar-refractivity contribution in [3.8, 4) is 0 Å². The first-order valence-electron chi connectivity index (χ1n) is 5.93. The molecule has 0 unspecified atom stereocenters. The van der Waals surface area contributed by atoms with Gasteiger partial charge in [0.2, 0.25) is 0 Å². The fraction of sp³-hybridized carbons (Fsp3) is 0.545. The van der Waals surface area contributed by atoms with Crippen molar-refractivity contribution < 1.29 is 9.59 Å². The molecule has 2 N–H and O–H groups in total. The molecule has 18 heavy (non-hydrogen) atoms. The second-order valence-corrected chi connectivity index (χ2v) is 5.35. The van der Waals surface area contributed by atoms with Crippen LogP contribution in [0, 0.1) is 0 Å². The van der Waals surface area contributed by atoms with E-state index in [2.05, 4.69) is 15.6 Å². The SMILES string of the molecule is O=C1NC2(CCNCC2)C(=O)N1Cc1cscn1. The number of nitrogens with one attached hydrogen (secondary N) is 2. The van der Waals surface area contributed by atoms with E-state index < -0.39 is 5.54 Å². The molecule has 0 radical (unpaired) electrons. The van der Waals surface area contributed by atoms with Crippen LogP contribution in [0.5, 0.6) is 0 Å². The molecule has 2 aliphatic rings. The van der Waals surface area contributed by atoms with Gasteiger partial charge >= 0.3 is 6.03 Å². The molecule has 3 rings (SSSR count). The van der Waals surface area contributed by atoms with Crippen molar-refractivity contribution in [3.63, 3.8) is 0 Å². The zero-order chi connectivity index (χ0) is 12.6. The third-order valence-corrected chi connectivity index (χ3v) is 4.14. The fourth-order valence-electron chi connectivity index (χ4n) is 2.49. The summed E-state index contributed by atoms with van der Waals surface area (Å²) in [6, 6.07) is -0.296. The highest BCUT2D eigenvalue weighted by Gasteiger charge is 2.51. The average molecular weight is 266 g/mol. The largest absolute Gasteiger partial charge is 0.325 e. The van der Waals surface area contributed by atoms with Crippen LogP contribution in [0.4, 0.5) is 4.79 Å². The molecule has 0 aromatic carbocycles. The van der Waals surface area contributed by atoms with E-state index in [4.69, 9.17) is 0 Å². The number of aromatic nitrogens is 1. The lowest BCUT2D eigenvalue weighted by Crippen LogP contribution is -2.53. The molecule has 2 saturated heterocycles. The molecule has 0 atom stereocenters. The molecule has 7 heteroatoms. The molecule has 3 heterocycles. The summed E-state index contributed by atoms with van der Waals surface area (Å²) in [6.45, 7) is 1.79. The monoisotopic (exact) mass is 266 g/mol. The number of hydrogen-bond acceptors (Lipinski definition) is 5. The Hall–Kier alpha value is -1.47. The van der Waals surface area contributed by atoms with Gasteiger partial charge in [0, 0.05) is 5.38 Å². The van der Waals surface area contributed by atoms with Gasteiger partial charge in [0.25, 0.3) is 5.91 Å². The predicted octanol–water partition coefficient (Wildman–Crippen LogP) is 0.317. The van der Waals surface area contributed by atoms with E-state index in [0.717, 1.165) is 18.8 Å². The van der Waals surface area contributed by atoms with Gasteiger partial charge in [-0.1, -0.05) is 0 Å². The van der Waals surface area contributed by atoms with Crippen molar-refractivity contribution in [2.45, 2.75) is 24.9 Å². The Kier molecular flexibility index (Phi) is 2.79. The van der Waals surface area contributed by atoms with Crippen LogP contribution in [-0.2, 0) is 11.3 Å². The lowest BCUT2D eigenvalue weighted by molar-refractivity contribution is -0.132. The number of carbonyl (C=O) groups excluding carboxylic acids is 2. The van der Waals surface area contributed by atoms with Gasteiger partial charge in [0.05, 0.1) is 17.7 Å². The van der Waals surface area contributed by atoms with Crippen LogP contribution in [0.15, 0.2) is 10.9 Å². The second kappa shape index (κ2) is 4.33. The van der Waals surface area contributed by atoms with E-state index in [9.17, 15) is 9.59 Å². The third kappa shape index (κ3) is 1.79. The molecule has 0 aliphatic carbocycles. The van der Waals surface area contributed by atoms with E-state index in [-0.39, 0.29) is 18.5 Å². The first-order valence-corrected chi connectivity index (χ1v) is 6.87. The Labute approximate surface area is 108 Å². The highest BCUT2D eigenvalue weighted by molar-refractivity contribution is 7.07. The smallest absolute Gasteiger partial charge is 0.323 e.